The molecule has 78 heavy (non-hydrogen) atoms. The molecule has 17 rings (SSSR count). The molecule has 2 nitrogen and oxygen atoms in total. The normalized spacial score (nSPS) is 15.0. The van der Waals surface area contributed by atoms with Crippen LogP contribution in [0.4, 0.5) is 17.1 Å². The second-order valence-corrected chi connectivity index (χ2v) is 22.4. The van der Waals surface area contributed by atoms with Gasteiger partial charge in [-0.2, -0.15) is 0 Å². The van der Waals surface area contributed by atoms with Crippen LogP contribution in [0.15, 0.2) is 295 Å². The van der Waals surface area contributed by atoms with Crippen LogP contribution in [0.25, 0.3) is 33.4 Å². The van der Waals surface area contributed by atoms with Gasteiger partial charge in [0.05, 0.1) is 21.9 Å². The summed E-state index contributed by atoms with van der Waals surface area (Å²) in [6.45, 7) is 0. The average Bonchev–Trinajstić information content (AvgIpc) is 3.81. The molecule has 0 atom stereocenters. The van der Waals surface area contributed by atoms with Crippen molar-refractivity contribution in [2.45, 2.75) is 26.0 Å². The van der Waals surface area contributed by atoms with Gasteiger partial charge in [-0.05, 0) is 138 Å². The summed E-state index contributed by atoms with van der Waals surface area (Å²) in [6.07, 6.45) is 0. The van der Waals surface area contributed by atoms with Crippen LogP contribution in [0.5, 0.6) is 11.5 Å². The first kappa shape index (κ1) is 43.8. The number of para-hydroxylation sites is 2. The minimum atomic E-state index is -0.650. The second-order valence-electron chi connectivity index (χ2n) is 21.3. The summed E-state index contributed by atoms with van der Waals surface area (Å²) in [5.41, 5.74) is 24.1. The molecule has 2 aliphatic heterocycles. The highest BCUT2D eigenvalue weighted by molar-refractivity contribution is 7.99. The molecule has 0 radical (unpaired) electrons. The number of nitrogens with zero attached hydrogens (tertiary/aromatic N) is 1. The number of hydrogen-bond acceptors (Lipinski definition) is 3. The maximum Gasteiger partial charge on any atom is 0.132 e. The Morgan fingerprint density at radius 3 is 1.31 bits per heavy atom. The highest BCUT2D eigenvalue weighted by Gasteiger charge is 2.53. The zero-order valence-corrected chi connectivity index (χ0v) is 43.2. The lowest BCUT2D eigenvalue weighted by molar-refractivity contribution is 0.436. The predicted octanol–water partition coefficient (Wildman–Crippen LogP) is 18.8. The Labute approximate surface area is 458 Å². The van der Waals surface area contributed by atoms with Crippen LogP contribution < -0.4 is 9.64 Å². The van der Waals surface area contributed by atoms with Crippen LogP contribution in [0.1, 0.15) is 66.8 Å². The third kappa shape index (κ3) is 5.53. The van der Waals surface area contributed by atoms with E-state index in [4.69, 9.17) is 4.74 Å². The van der Waals surface area contributed by atoms with Gasteiger partial charge in [-0.15, -0.1) is 0 Å². The van der Waals surface area contributed by atoms with Crippen molar-refractivity contribution in [1.29, 1.82) is 0 Å². The Morgan fingerprint density at radius 1 is 0.269 bits per heavy atom. The van der Waals surface area contributed by atoms with Crippen molar-refractivity contribution in [2.75, 3.05) is 4.90 Å². The lowest BCUT2D eigenvalue weighted by atomic mass is 9.66. The molecular formula is C75H47NOS. The zero-order valence-electron chi connectivity index (χ0n) is 42.4. The largest absolute Gasteiger partial charge is 0.457 e. The van der Waals surface area contributed by atoms with Crippen molar-refractivity contribution in [3.8, 4) is 44.9 Å². The third-order valence-corrected chi connectivity index (χ3v) is 19.0. The van der Waals surface area contributed by atoms with E-state index in [1.54, 1.807) is 0 Å². The van der Waals surface area contributed by atoms with Gasteiger partial charge in [-0.1, -0.05) is 242 Å². The number of anilines is 3. The van der Waals surface area contributed by atoms with Gasteiger partial charge in [0.2, 0.25) is 0 Å². The van der Waals surface area contributed by atoms with Crippen LogP contribution in [0.2, 0.25) is 0 Å². The molecule has 0 N–H and O–H groups in total. The van der Waals surface area contributed by atoms with Gasteiger partial charge >= 0.3 is 0 Å². The smallest absolute Gasteiger partial charge is 0.132 e. The van der Waals surface area contributed by atoms with E-state index in [-0.39, 0.29) is 0 Å². The van der Waals surface area contributed by atoms with Gasteiger partial charge in [-0.25, -0.2) is 0 Å². The average molecular weight is 1010 g/mol. The first-order valence-electron chi connectivity index (χ1n) is 27.1. The van der Waals surface area contributed by atoms with E-state index < -0.39 is 16.2 Å². The molecule has 3 heteroatoms. The van der Waals surface area contributed by atoms with Gasteiger partial charge in [0.1, 0.15) is 11.5 Å². The summed E-state index contributed by atoms with van der Waals surface area (Å²) in [5, 5.41) is 0. The summed E-state index contributed by atoms with van der Waals surface area (Å²) in [5.74, 6) is 1.76. The first-order chi connectivity index (χ1) is 38.7. The van der Waals surface area contributed by atoms with Crippen molar-refractivity contribution in [2.24, 2.45) is 0 Å². The molecule has 0 bridgehead atoms. The molecule has 3 aliphatic carbocycles. The number of ether oxygens (including phenoxy) is 1. The van der Waals surface area contributed by atoms with Crippen LogP contribution in [0.3, 0.4) is 0 Å². The summed E-state index contributed by atoms with van der Waals surface area (Å²) in [7, 11) is 0. The van der Waals surface area contributed by atoms with Gasteiger partial charge in [0.25, 0.3) is 0 Å². The molecule has 5 aliphatic rings. The molecule has 0 fully saturated rings. The fraction of sp³-hybridized carbons (Fsp3) is 0.0400. The highest BCUT2D eigenvalue weighted by atomic mass is 32.2. The summed E-state index contributed by atoms with van der Waals surface area (Å²) >= 11 is 1.89. The summed E-state index contributed by atoms with van der Waals surface area (Å²) < 4.78 is 6.84. The minimum Gasteiger partial charge on any atom is -0.457 e. The molecule has 2 spiro atoms. The van der Waals surface area contributed by atoms with Crippen molar-refractivity contribution in [3.63, 3.8) is 0 Å². The van der Waals surface area contributed by atoms with E-state index >= 15 is 0 Å². The number of fused-ring (bicyclic) bond motifs is 21. The van der Waals surface area contributed by atoms with E-state index in [9.17, 15) is 0 Å². The standard InChI is InChI=1S/C75H47NOS/c1-3-22-48(23-4-1)73(49-24-5-2-6-25-49)59-31-12-9-28-55(59)72-65(73)36-21-37-67(72)76(50-43-45-60-56(46-50)53-27-8-11-30-58(53)74(60)63-34-15-19-40-70(63)78-71-41-20-16-35-64(71)74)51-42-44-54-52-26-7-10-29-57(52)75(66(54)47-51)61-32-13-17-38-68(61)77-69-39-18-14-33-62(69)75/h1-47H. The zero-order chi connectivity index (χ0) is 51.2. The van der Waals surface area contributed by atoms with Crippen LogP contribution >= 0.6 is 11.8 Å². The van der Waals surface area contributed by atoms with Crippen molar-refractivity contribution in [1.82, 2.24) is 0 Å². The molecule has 12 aromatic rings. The molecule has 0 saturated carbocycles. The number of benzene rings is 12. The van der Waals surface area contributed by atoms with E-state index in [1.807, 2.05) is 11.8 Å². The Kier molecular flexibility index (Phi) is 9.15. The Balaban J connectivity index is 0.979. The molecular weight excluding hydrogens is 963 g/mol. The molecule has 0 amide bonds. The van der Waals surface area contributed by atoms with Gasteiger partial charge in [0.15, 0.2) is 0 Å². The quantitative estimate of drug-likeness (QED) is 0.170. The molecule has 364 valence electrons. The monoisotopic (exact) mass is 1010 g/mol. The Hall–Kier alpha value is -9.41. The SMILES string of the molecule is c1ccc(C2(c3ccccc3)c3ccccc3-c3c(N(c4ccc5c(c4)-c4ccccc4C54c5ccccc5Sc5ccccc54)c4ccc5c(c4)C4(c6ccccc6Oc6ccccc64)c4ccccc4-5)cccc32)cc1. The predicted molar refractivity (Wildman–Crippen MR) is 317 cm³/mol. The minimum absolute atomic E-state index is 0.499. The maximum absolute atomic E-state index is 6.84. The second kappa shape index (κ2) is 16.3. The lowest BCUT2D eigenvalue weighted by Gasteiger charge is -2.40. The summed E-state index contributed by atoms with van der Waals surface area (Å²) in [6, 6.07) is 107. The first-order valence-corrected chi connectivity index (χ1v) is 27.9. The molecule has 0 unspecified atom stereocenters. The van der Waals surface area contributed by atoms with E-state index in [0.29, 0.717) is 0 Å². The van der Waals surface area contributed by atoms with Crippen molar-refractivity contribution < 1.29 is 4.74 Å². The van der Waals surface area contributed by atoms with Crippen molar-refractivity contribution in [3.05, 3.63) is 352 Å². The molecule has 12 aromatic carbocycles. The number of hydrogen-bond donors (Lipinski definition) is 0. The van der Waals surface area contributed by atoms with Gasteiger partial charge < -0.3 is 9.64 Å². The number of rotatable bonds is 5. The molecule has 0 aromatic heterocycles. The van der Waals surface area contributed by atoms with Crippen LogP contribution in [0, 0.1) is 0 Å². The van der Waals surface area contributed by atoms with Crippen molar-refractivity contribution >= 4 is 28.8 Å². The maximum atomic E-state index is 6.84. The summed E-state index contributed by atoms with van der Waals surface area (Å²) in [4.78, 5) is 5.18. The highest BCUT2D eigenvalue weighted by Crippen LogP contribution is 2.66. The lowest BCUT2D eigenvalue weighted by Crippen LogP contribution is -2.32. The fourth-order valence-corrected chi connectivity index (χ4v) is 16.2. The fourth-order valence-electron chi connectivity index (χ4n) is 15.1. The third-order valence-electron chi connectivity index (χ3n) is 17.9. The van der Waals surface area contributed by atoms with Gasteiger partial charge in [0, 0.05) is 37.9 Å². The molecule has 0 saturated heterocycles. The Bertz CT molecular complexity index is 4350. The van der Waals surface area contributed by atoms with E-state index in [2.05, 4.69) is 290 Å². The van der Waals surface area contributed by atoms with E-state index in [1.165, 1.54) is 98.8 Å². The van der Waals surface area contributed by atoms with Crippen LogP contribution in [-0.4, -0.2) is 0 Å². The van der Waals surface area contributed by atoms with E-state index in [0.717, 1.165) is 39.7 Å². The topological polar surface area (TPSA) is 12.5 Å². The molecule has 2 heterocycles. The van der Waals surface area contributed by atoms with Crippen LogP contribution in [-0.2, 0) is 16.2 Å². The Morgan fingerprint density at radius 2 is 0.692 bits per heavy atom. The van der Waals surface area contributed by atoms with Gasteiger partial charge in [-0.3, -0.25) is 0 Å².